The molecule has 1 saturated carbocycles. The van der Waals surface area contributed by atoms with E-state index in [1.807, 2.05) is 0 Å². The number of amides is 1. The molecule has 60 heavy (non-hydrogen) atoms. The lowest BCUT2D eigenvalue weighted by atomic mass is 9.85. The van der Waals surface area contributed by atoms with Crippen molar-refractivity contribution in [3.63, 3.8) is 0 Å². The van der Waals surface area contributed by atoms with Gasteiger partial charge in [0.1, 0.15) is 36.6 Å². The zero-order valence-electron chi connectivity index (χ0n) is 37.4. The smallest absolute Gasteiger partial charge is 0.393 e. The highest BCUT2D eigenvalue weighted by Gasteiger charge is 2.51. The zero-order valence-corrected chi connectivity index (χ0v) is 38.3. The maximum absolute atomic E-state index is 13.0. The Morgan fingerprint density at radius 1 is 0.583 bits per heavy atom. The molecule has 0 radical (unpaired) electrons. The molecule has 1 aliphatic carbocycles. The van der Waals surface area contributed by atoms with Gasteiger partial charge in [-0.3, -0.25) is 13.8 Å². The molecule has 0 aromatic carbocycles. The number of nitrogens with one attached hydrogen (secondary N) is 1. The van der Waals surface area contributed by atoms with Gasteiger partial charge in [-0.25, -0.2) is 4.57 Å². The van der Waals surface area contributed by atoms with Gasteiger partial charge in [-0.15, -0.1) is 0 Å². The molecule has 0 spiro atoms. The van der Waals surface area contributed by atoms with Gasteiger partial charge in [0, 0.05) is 0 Å². The summed E-state index contributed by atoms with van der Waals surface area (Å²) in [5.74, 6) is -0.601. The van der Waals surface area contributed by atoms with E-state index in [1.165, 1.54) is 128 Å². The van der Waals surface area contributed by atoms with E-state index in [1.54, 1.807) is 6.08 Å². The van der Waals surface area contributed by atoms with Crippen molar-refractivity contribution in [1.29, 1.82) is 0 Å². The summed E-state index contributed by atoms with van der Waals surface area (Å²) in [5, 5.41) is 74.4. The minimum Gasteiger partial charge on any atom is -0.393 e. The van der Waals surface area contributed by atoms with Gasteiger partial charge in [-0.2, -0.15) is 0 Å². The monoisotopic (exact) mass is 878 g/mol. The Hall–Kier alpha value is -1.22. The summed E-state index contributed by atoms with van der Waals surface area (Å²) < 4.78 is 22.8. The van der Waals surface area contributed by atoms with E-state index in [4.69, 9.17) is 9.05 Å². The van der Waals surface area contributed by atoms with E-state index >= 15 is 0 Å². The van der Waals surface area contributed by atoms with Gasteiger partial charge < -0.3 is 46.0 Å². The molecular formula is C46H88NO12P. The summed E-state index contributed by atoms with van der Waals surface area (Å²) in [6, 6.07) is -1.25. The minimum absolute atomic E-state index is 0.249. The normalized spacial score (nSPS) is 23.6. The molecule has 0 saturated heterocycles. The summed E-state index contributed by atoms with van der Waals surface area (Å²) in [6.07, 6.45) is 25.6. The van der Waals surface area contributed by atoms with Crippen LogP contribution in [0, 0.1) is 0 Å². The van der Waals surface area contributed by atoms with Gasteiger partial charge in [-0.05, 0) is 32.1 Å². The Morgan fingerprint density at radius 3 is 1.47 bits per heavy atom. The number of aliphatic hydroxyl groups is 7. The van der Waals surface area contributed by atoms with Crippen LogP contribution in [0.5, 0.6) is 0 Å². The number of carbonyl (C=O) groups is 1. The topological polar surface area (TPSA) is 226 Å². The van der Waals surface area contributed by atoms with E-state index in [-0.39, 0.29) is 6.42 Å². The van der Waals surface area contributed by atoms with Crippen LogP contribution in [-0.2, 0) is 18.4 Å². The number of hydrogen-bond donors (Lipinski definition) is 9. The second-order valence-corrected chi connectivity index (χ2v) is 18.5. The Balaban J connectivity index is 2.53. The first kappa shape index (κ1) is 56.8. The molecule has 8 atom stereocenters. The molecule has 0 aromatic heterocycles. The van der Waals surface area contributed by atoms with Crippen LogP contribution < -0.4 is 5.32 Å². The summed E-state index contributed by atoms with van der Waals surface area (Å²) in [5.41, 5.74) is 0. The molecular weight excluding hydrogens is 789 g/mol. The van der Waals surface area contributed by atoms with Crippen molar-refractivity contribution in [2.75, 3.05) is 6.61 Å². The van der Waals surface area contributed by atoms with E-state index in [0.717, 1.165) is 44.9 Å². The molecule has 14 heteroatoms. The Bertz CT molecular complexity index is 1130. The first-order valence-corrected chi connectivity index (χ1v) is 25.4. The molecule has 1 amide bonds. The van der Waals surface area contributed by atoms with Crippen molar-refractivity contribution >= 4 is 13.7 Å². The largest absolute Gasteiger partial charge is 0.472 e. The Morgan fingerprint density at radius 2 is 0.983 bits per heavy atom. The lowest BCUT2D eigenvalue weighted by Crippen LogP contribution is -2.64. The Kier molecular flexibility index (Phi) is 34.2. The maximum Gasteiger partial charge on any atom is 0.472 e. The number of rotatable bonds is 39. The van der Waals surface area contributed by atoms with Crippen molar-refractivity contribution in [2.45, 2.75) is 255 Å². The average molecular weight is 878 g/mol. The lowest BCUT2D eigenvalue weighted by molar-refractivity contribution is -0.220. The molecule has 0 bridgehead atoms. The number of carbonyl (C=O) groups excluding carboxylic acids is 1. The summed E-state index contributed by atoms with van der Waals surface area (Å²) in [4.78, 5) is 23.4. The molecule has 0 heterocycles. The summed E-state index contributed by atoms with van der Waals surface area (Å²) in [6.45, 7) is 3.72. The molecule has 1 rings (SSSR count). The number of allylic oxidation sites excluding steroid dienone is 3. The molecule has 9 N–H and O–H groups in total. The van der Waals surface area contributed by atoms with Crippen molar-refractivity contribution in [3.05, 3.63) is 24.3 Å². The van der Waals surface area contributed by atoms with Crippen LogP contribution >= 0.6 is 7.82 Å². The fourth-order valence-corrected chi connectivity index (χ4v) is 8.58. The van der Waals surface area contributed by atoms with E-state index in [9.17, 15) is 50.0 Å². The molecule has 354 valence electrons. The highest BCUT2D eigenvalue weighted by molar-refractivity contribution is 7.47. The highest BCUT2D eigenvalue weighted by atomic mass is 31.2. The predicted molar refractivity (Wildman–Crippen MR) is 238 cm³/mol. The first-order chi connectivity index (χ1) is 28.8. The molecule has 1 aliphatic rings. The second-order valence-electron chi connectivity index (χ2n) is 17.1. The molecule has 0 aromatic rings. The second kappa shape index (κ2) is 36.2. The van der Waals surface area contributed by atoms with Crippen LogP contribution in [0.15, 0.2) is 24.3 Å². The van der Waals surface area contributed by atoms with Gasteiger partial charge in [0.25, 0.3) is 0 Å². The van der Waals surface area contributed by atoms with Crippen LogP contribution in [-0.4, -0.2) is 108 Å². The number of phosphoric ester groups is 1. The standard InChI is InChI=1S/C46H88NO12P/c1-3-5-7-9-11-13-15-17-18-19-20-22-23-25-27-29-31-33-37(48)35-40(50)47-38(39(49)34-32-30-28-26-24-21-16-14-12-10-8-6-4-2)36-58-60(56,57)59-46-44(54)42(52)41(51)43(53)45(46)55/h24,26,32,34,37-39,41-46,48-49,51-55H,3-23,25,27-31,33,35-36H2,1-2H3,(H,47,50)(H,56,57)/b26-24+,34-32+. The molecule has 0 aliphatic heterocycles. The fourth-order valence-electron chi connectivity index (χ4n) is 7.61. The van der Waals surface area contributed by atoms with Crippen molar-refractivity contribution in [2.24, 2.45) is 0 Å². The predicted octanol–water partition coefficient (Wildman–Crippen LogP) is 7.98. The van der Waals surface area contributed by atoms with Gasteiger partial charge >= 0.3 is 7.82 Å². The zero-order chi connectivity index (χ0) is 44.4. The summed E-state index contributed by atoms with van der Waals surface area (Å²) >= 11 is 0. The number of phosphoric acid groups is 1. The third-order valence-corrected chi connectivity index (χ3v) is 12.5. The van der Waals surface area contributed by atoms with Crippen molar-refractivity contribution < 1.29 is 59.0 Å². The van der Waals surface area contributed by atoms with Crippen LogP contribution in [0.3, 0.4) is 0 Å². The third-order valence-electron chi connectivity index (χ3n) is 11.5. The number of hydrogen-bond acceptors (Lipinski definition) is 11. The molecule has 8 unspecified atom stereocenters. The summed E-state index contributed by atoms with van der Waals surface area (Å²) in [7, 11) is -5.14. The van der Waals surface area contributed by atoms with Crippen LogP contribution in [0.25, 0.3) is 0 Å². The van der Waals surface area contributed by atoms with E-state index in [0.29, 0.717) is 12.8 Å². The maximum atomic E-state index is 13.0. The van der Waals surface area contributed by atoms with E-state index in [2.05, 4.69) is 31.3 Å². The average Bonchev–Trinajstić information content (AvgIpc) is 3.22. The highest BCUT2D eigenvalue weighted by Crippen LogP contribution is 2.47. The molecule has 13 nitrogen and oxygen atoms in total. The van der Waals surface area contributed by atoms with Crippen LogP contribution in [0.4, 0.5) is 0 Å². The van der Waals surface area contributed by atoms with Crippen LogP contribution in [0.1, 0.15) is 200 Å². The Labute approximate surface area is 363 Å². The first-order valence-electron chi connectivity index (χ1n) is 23.9. The molecule has 1 fully saturated rings. The SMILES string of the molecule is CCCCCCCCC/C=C/CC/C=C/C(O)C(COP(=O)(O)OC1C(O)C(O)C(O)C(O)C1O)NC(=O)CC(O)CCCCCCCCCCCCCCCCCCC. The number of unbranched alkanes of at least 4 members (excludes halogenated alkanes) is 24. The fraction of sp³-hybridized carbons (Fsp3) is 0.891. The van der Waals surface area contributed by atoms with Gasteiger partial charge in [-0.1, -0.05) is 186 Å². The van der Waals surface area contributed by atoms with Gasteiger partial charge in [0.2, 0.25) is 5.91 Å². The van der Waals surface area contributed by atoms with Gasteiger partial charge in [0.15, 0.2) is 0 Å². The quantitative estimate of drug-likeness (QED) is 0.0163. The van der Waals surface area contributed by atoms with Gasteiger partial charge in [0.05, 0.1) is 31.3 Å². The lowest BCUT2D eigenvalue weighted by Gasteiger charge is -2.41. The minimum atomic E-state index is -5.14. The van der Waals surface area contributed by atoms with Crippen molar-refractivity contribution in [3.8, 4) is 0 Å². The van der Waals surface area contributed by atoms with Crippen molar-refractivity contribution in [1.82, 2.24) is 5.32 Å². The van der Waals surface area contributed by atoms with E-state index < -0.39 is 75.2 Å². The third kappa shape index (κ3) is 27.8. The number of aliphatic hydroxyl groups excluding tert-OH is 7. The van der Waals surface area contributed by atoms with Crippen LogP contribution in [0.2, 0.25) is 0 Å².